The Balaban J connectivity index is 1.12. The van der Waals surface area contributed by atoms with Crippen molar-refractivity contribution in [3.63, 3.8) is 0 Å². The molecule has 9 aromatic carbocycles. The van der Waals surface area contributed by atoms with E-state index in [4.69, 9.17) is 4.98 Å². The van der Waals surface area contributed by atoms with Gasteiger partial charge in [-0.15, -0.1) is 0 Å². The molecule has 0 aliphatic carbocycles. The van der Waals surface area contributed by atoms with Crippen molar-refractivity contribution >= 4 is 87.2 Å². The fraction of sp³-hybridized carbons (Fsp3) is 0. The Morgan fingerprint density at radius 1 is 0.244 bits per heavy atom. The molecule has 0 saturated heterocycles. The molecule has 18 rings (SSSR count). The largest absolute Gasteiger partial charge is 0.306 e. The number of para-hydroxylation sites is 4. The maximum absolute atomic E-state index is 13.1. The molecule has 0 saturated carbocycles. The van der Waals surface area contributed by atoms with Crippen LogP contribution in [0.2, 0.25) is 0 Å². The number of aromatic nitrogens is 13. The SMILES string of the molecule is N#Cc1c(-n2c3ccccc3c3ccccc32)c(-n2c3ccc(-c4cncnc4)cc3c3cc(-c4cncnc4)ccc32)c(-c2ccncc2)c(-n2c3ccc(-c4cncnc4)cc3c3cc(-c4cncnc4)ccc32)c1-n1c2ccccc2c2ccccc21. The minimum Gasteiger partial charge on any atom is -0.306 e. The van der Waals surface area contributed by atoms with Crippen molar-refractivity contribution in [1.82, 2.24) is 63.1 Å². The van der Waals surface area contributed by atoms with E-state index >= 15 is 0 Å². The molecule has 0 bridgehead atoms. The average Bonchev–Trinajstić information content (AvgIpc) is 1.47. The van der Waals surface area contributed by atoms with Gasteiger partial charge in [-0.1, -0.05) is 97.1 Å². The lowest BCUT2D eigenvalue weighted by atomic mass is 9.93. The smallest absolute Gasteiger partial charge is 0.115 e. The van der Waals surface area contributed by atoms with E-state index in [9.17, 15) is 5.26 Å². The van der Waals surface area contributed by atoms with Crippen molar-refractivity contribution in [2.75, 3.05) is 0 Å². The van der Waals surface area contributed by atoms with Crippen LogP contribution in [0.25, 0.3) is 166 Å². The Bertz CT molecular complexity index is 5330. The van der Waals surface area contributed by atoms with E-state index in [1.54, 1.807) is 25.3 Å². The summed E-state index contributed by atoms with van der Waals surface area (Å²) in [5.41, 5.74) is 19.6. The average molecular weight is 1150 g/mol. The lowest BCUT2D eigenvalue weighted by Crippen LogP contribution is -2.16. The fourth-order valence-corrected chi connectivity index (χ4v) is 13.8. The van der Waals surface area contributed by atoms with Crippen LogP contribution in [0.5, 0.6) is 0 Å². The summed E-state index contributed by atoms with van der Waals surface area (Å²) >= 11 is 0. The van der Waals surface area contributed by atoms with Gasteiger partial charge in [0.05, 0.1) is 66.9 Å². The van der Waals surface area contributed by atoms with Crippen LogP contribution >= 0.6 is 0 Å². The first-order valence-corrected chi connectivity index (χ1v) is 29.4. The Kier molecular flexibility index (Phi) is 11.3. The highest BCUT2D eigenvalue weighted by atomic mass is 15.1. The highest BCUT2D eigenvalue weighted by Crippen LogP contribution is 2.53. The summed E-state index contributed by atoms with van der Waals surface area (Å²) in [6, 6.07) is 67.7. The summed E-state index contributed by atoms with van der Waals surface area (Å²) in [7, 11) is 0. The van der Waals surface area contributed by atoms with Gasteiger partial charge in [-0.3, -0.25) is 4.98 Å². The van der Waals surface area contributed by atoms with Gasteiger partial charge in [0.15, 0.2) is 0 Å². The van der Waals surface area contributed by atoms with Gasteiger partial charge in [0.1, 0.15) is 36.9 Å². The standard InChI is InChI=1S/C76H44N14/c77-33-63-73(87-64-13-5-1-9-55(64)56-10-2-6-14-65(56)87)75(89-68-21-17-47(51-34-79-42-80-35-51)29-59(68)60-30-48(18-22-69(60)89)52-36-81-43-82-37-52)72(46-25-27-78-28-26-46)76(74(63)88-66-15-7-3-11-57(66)58-12-4-8-16-67(58)88)90-70-23-19-49(53-38-83-44-84-39-53)31-61(70)62-32-50(20-24-71(62)90)54-40-85-45-86-41-54/h1-32,34-45H. The first-order valence-electron chi connectivity index (χ1n) is 29.4. The molecular weight excluding hydrogens is 1110 g/mol. The second-order valence-electron chi connectivity index (χ2n) is 22.3. The maximum atomic E-state index is 13.1. The molecule has 0 radical (unpaired) electrons. The van der Waals surface area contributed by atoms with Crippen LogP contribution in [0.1, 0.15) is 5.56 Å². The van der Waals surface area contributed by atoms with Crippen LogP contribution in [-0.2, 0) is 0 Å². The van der Waals surface area contributed by atoms with E-state index < -0.39 is 0 Å². The van der Waals surface area contributed by atoms with Crippen LogP contribution in [0, 0.1) is 11.3 Å². The first-order chi connectivity index (χ1) is 44.7. The van der Waals surface area contributed by atoms with Crippen molar-refractivity contribution in [3.05, 3.63) is 275 Å². The van der Waals surface area contributed by atoms with Gasteiger partial charge in [0.25, 0.3) is 0 Å². The fourth-order valence-electron chi connectivity index (χ4n) is 13.8. The Morgan fingerprint density at radius 2 is 0.511 bits per heavy atom. The third-order valence-corrected chi connectivity index (χ3v) is 17.6. The number of hydrogen-bond donors (Lipinski definition) is 0. The zero-order valence-corrected chi connectivity index (χ0v) is 47.7. The maximum Gasteiger partial charge on any atom is 0.115 e. The minimum absolute atomic E-state index is 0.438. The van der Waals surface area contributed by atoms with E-state index in [1.165, 1.54) is 0 Å². The van der Waals surface area contributed by atoms with Crippen LogP contribution in [-0.4, -0.2) is 63.1 Å². The quantitative estimate of drug-likeness (QED) is 0.136. The summed E-state index contributed by atoms with van der Waals surface area (Å²) in [4.78, 5) is 40.5. The number of rotatable bonds is 9. The lowest BCUT2D eigenvalue weighted by molar-refractivity contribution is 1.04. The second-order valence-corrected chi connectivity index (χ2v) is 22.3. The molecule has 9 heterocycles. The van der Waals surface area contributed by atoms with Crippen LogP contribution in [0.3, 0.4) is 0 Å². The van der Waals surface area contributed by atoms with Gasteiger partial charge >= 0.3 is 0 Å². The van der Waals surface area contributed by atoms with Crippen LogP contribution in [0.4, 0.5) is 0 Å². The van der Waals surface area contributed by atoms with E-state index in [2.05, 4.69) is 246 Å². The van der Waals surface area contributed by atoms with Gasteiger partial charge in [-0.2, -0.15) is 5.26 Å². The normalized spacial score (nSPS) is 11.8. The van der Waals surface area contributed by atoms with Gasteiger partial charge in [0, 0.05) is 133 Å². The highest BCUT2D eigenvalue weighted by molar-refractivity contribution is 6.18. The molecule has 90 heavy (non-hydrogen) atoms. The van der Waals surface area contributed by atoms with E-state index in [1.807, 2.05) is 62.0 Å². The first kappa shape index (κ1) is 50.5. The molecule has 0 aliphatic rings. The zero-order chi connectivity index (χ0) is 59.4. The molecule has 418 valence electrons. The Labute approximate surface area is 512 Å². The number of nitrogens with zero attached hydrogens (tertiary/aromatic N) is 14. The van der Waals surface area contributed by atoms with Gasteiger partial charge in [-0.05, 0) is 113 Å². The Hall–Kier alpha value is -12.9. The monoisotopic (exact) mass is 1150 g/mol. The summed E-state index contributed by atoms with van der Waals surface area (Å²) in [6.07, 6.45) is 24.7. The summed E-state index contributed by atoms with van der Waals surface area (Å²) in [5, 5.41) is 21.2. The number of nitriles is 1. The molecule has 9 aromatic heterocycles. The molecule has 0 N–H and O–H groups in total. The minimum atomic E-state index is 0.438. The number of benzene rings is 9. The molecule has 14 heteroatoms. The van der Waals surface area contributed by atoms with Gasteiger partial charge < -0.3 is 18.3 Å². The van der Waals surface area contributed by atoms with Crippen LogP contribution in [0.15, 0.2) is 269 Å². The zero-order valence-electron chi connectivity index (χ0n) is 47.7. The van der Waals surface area contributed by atoms with Crippen molar-refractivity contribution in [2.24, 2.45) is 0 Å². The molecule has 0 fully saturated rings. The van der Waals surface area contributed by atoms with Crippen molar-refractivity contribution in [2.45, 2.75) is 0 Å². The number of hydrogen-bond acceptors (Lipinski definition) is 10. The van der Waals surface area contributed by atoms with E-state index in [0.717, 1.165) is 154 Å². The second kappa shape index (κ2) is 20.1. The molecule has 0 amide bonds. The number of fused-ring (bicyclic) bond motifs is 12. The van der Waals surface area contributed by atoms with Crippen molar-refractivity contribution in [1.29, 1.82) is 5.26 Å². The predicted octanol–water partition coefficient (Wildman–Crippen LogP) is 16.8. The van der Waals surface area contributed by atoms with E-state index in [-0.39, 0.29) is 0 Å². The summed E-state index contributed by atoms with van der Waals surface area (Å²) < 4.78 is 9.46. The topological polar surface area (TPSA) is 160 Å². The molecule has 18 aromatic rings. The summed E-state index contributed by atoms with van der Waals surface area (Å²) in [6.45, 7) is 0. The molecule has 0 aliphatic heterocycles. The highest BCUT2D eigenvalue weighted by Gasteiger charge is 2.35. The number of pyridine rings is 1. The summed E-state index contributed by atoms with van der Waals surface area (Å²) in [5.74, 6) is 0. The third-order valence-electron chi connectivity index (χ3n) is 17.6. The third kappa shape index (κ3) is 7.60. The van der Waals surface area contributed by atoms with Crippen molar-refractivity contribution in [3.8, 4) is 84.5 Å². The van der Waals surface area contributed by atoms with Crippen LogP contribution < -0.4 is 0 Å². The molecule has 0 spiro atoms. The predicted molar refractivity (Wildman–Crippen MR) is 356 cm³/mol. The van der Waals surface area contributed by atoms with Crippen molar-refractivity contribution < 1.29 is 0 Å². The lowest BCUT2D eigenvalue weighted by Gasteiger charge is -2.29. The molecule has 0 atom stereocenters. The van der Waals surface area contributed by atoms with E-state index in [0.29, 0.717) is 16.9 Å². The molecule has 14 nitrogen and oxygen atoms in total. The molecular formula is C76H44N14. The molecule has 0 unspecified atom stereocenters. The van der Waals surface area contributed by atoms with Gasteiger partial charge in [0.2, 0.25) is 0 Å². The van der Waals surface area contributed by atoms with Gasteiger partial charge in [-0.25, -0.2) is 39.9 Å². The Morgan fingerprint density at radius 3 is 0.800 bits per heavy atom.